The Morgan fingerprint density at radius 2 is 2.22 bits per heavy atom. The number of azide groups is 1. The highest BCUT2D eigenvalue weighted by Gasteiger charge is 2.39. The van der Waals surface area contributed by atoms with E-state index in [1.54, 1.807) is 0 Å². The summed E-state index contributed by atoms with van der Waals surface area (Å²) in [5, 5.41) is 6.44. The van der Waals surface area contributed by atoms with Crippen LogP contribution >= 0.6 is 0 Å². The molecule has 0 heterocycles. The molecule has 2 rings (SSSR count). The van der Waals surface area contributed by atoms with Crippen LogP contribution in [0.4, 0.5) is 0 Å². The fraction of sp³-hybridized carbons (Fsp3) is 0.923. The lowest BCUT2D eigenvalue weighted by Crippen LogP contribution is -2.28. The molecule has 0 saturated heterocycles. The highest BCUT2D eigenvalue weighted by molar-refractivity contribution is 5.76. The van der Waals surface area contributed by atoms with Gasteiger partial charge in [-0.3, -0.25) is 4.79 Å². The number of carbonyl (C=O) groups is 1. The van der Waals surface area contributed by atoms with Gasteiger partial charge in [0.2, 0.25) is 5.91 Å². The topological polar surface area (TPSA) is 77.9 Å². The SMILES string of the molecule is [N-]=[N+]=NCCCCNC(=O)CC1CC2CCC1C2. The predicted molar refractivity (Wildman–Crippen MR) is 69.8 cm³/mol. The Labute approximate surface area is 108 Å². The monoisotopic (exact) mass is 250 g/mol. The summed E-state index contributed by atoms with van der Waals surface area (Å²) in [6.07, 6.45) is 7.83. The summed E-state index contributed by atoms with van der Waals surface area (Å²) in [6, 6.07) is 0. The lowest BCUT2D eigenvalue weighted by molar-refractivity contribution is -0.122. The highest BCUT2D eigenvalue weighted by Crippen LogP contribution is 2.49. The molecule has 0 spiro atoms. The lowest BCUT2D eigenvalue weighted by Gasteiger charge is -2.20. The molecule has 0 aromatic rings. The van der Waals surface area contributed by atoms with Crippen LogP contribution in [0.15, 0.2) is 5.11 Å². The Balaban J connectivity index is 1.54. The molecule has 1 N–H and O–H groups in total. The quantitative estimate of drug-likeness (QED) is 0.320. The van der Waals surface area contributed by atoms with Crippen molar-refractivity contribution < 1.29 is 4.79 Å². The van der Waals surface area contributed by atoms with Crippen LogP contribution < -0.4 is 5.32 Å². The molecule has 5 nitrogen and oxygen atoms in total. The van der Waals surface area contributed by atoms with E-state index in [2.05, 4.69) is 15.3 Å². The minimum absolute atomic E-state index is 0.205. The lowest BCUT2D eigenvalue weighted by atomic mass is 9.86. The van der Waals surface area contributed by atoms with Crippen molar-refractivity contribution in [2.45, 2.75) is 44.9 Å². The van der Waals surface area contributed by atoms with Crippen LogP contribution in [0.3, 0.4) is 0 Å². The van der Waals surface area contributed by atoms with Gasteiger partial charge in [0.25, 0.3) is 0 Å². The molecule has 2 bridgehead atoms. The zero-order valence-electron chi connectivity index (χ0n) is 10.8. The number of carbonyl (C=O) groups excluding carboxylic acids is 1. The van der Waals surface area contributed by atoms with E-state index >= 15 is 0 Å². The molecular formula is C13H22N4O. The Hall–Kier alpha value is -1.22. The minimum Gasteiger partial charge on any atom is -0.356 e. The Morgan fingerprint density at radius 3 is 2.89 bits per heavy atom. The van der Waals surface area contributed by atoms with Crippen LogP contribution in [0.5, 0.6) is 0 Å². The summed E-state index contributed by atoms with van der Waals surface area (Å²) >= 11 is 0. The van der Waals surface area contributed by atoms with Crippen molar-refractivity contribution in [3.8, 4) is 0 Å². The van der Waals surface area contributed by atoms with E-state index < -0.39 is 0 Å². The van der Waals surface area contributed by atoms with Gasteiger partial charge in [0.1, 0.15) is 0 Å². The van der Waals surface area contributed by atoms with Crippen LogP contribution in [-0.2, 0) is 4.79 Å². The molecule has 0 aromatic carbocycles. The second kappa shape index (κ2) is 6.64. The van der Waals surface area contributed by atoms with E-state index in [4.69, 9.17) is 5.53 Å². The second-order valence-electron chi connectivity index (χ2n) is 5.65. The number of nitrogens with zero attached hydrogens (tertiary/aromatic N) is 3. The first-order chi connectivity index (χ1) is 8.79. The molecule has 0 aliphatic heterocycles. The van der Waals surface area contributed by atoms with Gasteiger partial charge in [-0.1, -0.05) is 11.5 Å². The number of amides is 1. The first-order valence-corrected chi connectivity index (χ1v) is 7.07. The number of unbranched alkanes of at least 4 members (excludes halogenated alkanes) is 1. The van der Waals surface area contributed by atoms with E-state index in [0.29, 0.717) is 19.0 Å². The standard InChI is InChI=1S/C13H22N4O/c14-17-16-6-2-1-5-15-13(18)9-12-8-10-3-4-11(12)7-10/h10-12H,1-9H2,(H,15,18). The van der Waals surface area contributed by atoms with Crippen molar-refractivity contribution >= 4 is 5.91 Å². The average molecular weight is 250 g/mol. The van der Waals surface area contributed by atoms with Crippen molar-refractivity contribution in [3.63, 3.8) is 0 Å². The Morgan fingerprint density at radius 1 is 1.33 bits per heavy atom. The number of hydrogen-bond acceptors (Lipinski definition) is 2. The van der Waals surface area contributed by atoms with Gasteiger partial charge >= 0.3 is 0 Å². The normalized spacial score (nSPS) is 29.0. The second-order valence-corrected chi connectivity index (χ2v) is 5.65. The van der Waals surface area contributed by atoms with Crippen LogP contribution in [0, 0.1) is 17.8 Å². The maximum atomic E-state index is 11.8. The molecule has 0 aromatic heterocycles. The molecular weight excluding hydrogens is 228 g/mol. The third-order valence-corrected chi connectivity index (χ3v) is 4.40. The average Bonchev–Trinajstić information content (AvgIpc) is 2.95. The maximum absolute atomic E-state index is 11.8. The summed E-state index contributed by atoms with van der Waals surface area (Å²) in [6.45, 7) is 1.24. The van der Waals surface area contributed by atoms with Crippen molar-refractivity contribution in [3.05, 3.63) is 10.4 Å². The van der Waals surface area contributed by atoms with Gasteiger partial charge in [-0.15, -0.1) is 0 Å². The van der Waals surface area contributed by atoms with Crippen molar-refractivity contribution in [2.75, 3.05) is 13.1 Å². The van der Waals surface area contributed by atoms with E-state index in [9.17, 15) is 4.79 Å². The molecule has 2 fully saturated rings. The highest BCUT2D eigenvalue weighted by atomic mass is 16.1. The third kappa shape index (κ3) is 3.64. The molecule has 5 heteroatoms. The van der Waals surface area contributed by atoms with Crippen LogP contribution in [-0.4, -0.2) is 19.0 Å². The number of rotatable bonds is 7. The van der Waals surface area contributed by atoms with Crippen LogP contribution in [0.25, 0.3) is 10.4 Å². The first kappa shape index (κ1) is 13.2. The summed E-state index contributed by atoms with van der Waals surface area (Å²) in [5.41, 5.74) is 8.11. The van der Waals surface area contributed by atoms with Crippen molar-refractivity contribution in [1.29, 1.82) is 0 Å². The summed E-state index contributed by atoms with van der Waals surface area (Å²) in [7, 11) is 0. The summed E-state index contributed by atoms with van der Waals surface area (Å²) < 4.78 is 0. The maximum Gasteiger partial charge on any atom is 0.220 e. The van der Waals surface area contributed by atoms with E-state index in [1.807, 2.05) is 0 Å². The van der Waals surface area contributed by atoms with Gasteiger partial charge in [-0.05, 0) is 55.4 Å². The third-order valence-electron chi connectivity index (χ3n) is 4.40. The van der Waals surface area contributed by atoms with E-state index in [0.717, 1.165) is 31.1 Å². The summed E-state index contributed by atoms with van der Waals surface area (Å²) in [5.74, 6) is 2.59. The largest absolute Gasteiger partial charge is 0.356 e. The predicted octanol–water partition coefficient (Wildman–Crippen LogP) is 3.02. The molecule has 3 atom stereocenters. The Bertz CT molecular complexity index is 338. The van der Waals surface area contributed by atoms with Gasteiger partial charge in [-0.25, -0.2) is 0 Å². The molecule has 0 radical (unpaired) electrons. The number of nitrogens with one attached hydrogen (secondary N) is 1. The minimum atomic E-state index is 0.205. The Kier molecular flexibility index (Phi) is 4.88. The smallest absolute Gasteiger partial charge is 0.220 e. The first-order valence-electron chi connectivity index (χ1n) is 7.07. The van der Waals surface area contributed by atoms with Gasteiger partial charge in [0.05, 0.1) is 0 Å². The summed E-state index contributed by atoms with van der Waals surface area (Å²) in [4.78, 5) is 14.5. The van der Waals surface area contributed by atoms with Crippen LogP contribution in [0.2, 0.25) is 0 Å². The molecule has 18 heavy (non-hydrogen) atoms. The van der Waals surface area contributed by atoms with E-state index in [-0.39, 0.29) is 5.91 Å². The van der Waals surface area contributed by atoms with Gasteiger partial charge < -0.3 is 5.32 Å². The zero-order chi connectivity index (χ0) is 12.8. The molecule has 1 amide bonds. The van der Waals surface area contributed by atoms with Gasteiger partial charge in [0, 0.05) is 24.4 Å². The fourth-order valence-corrected chi connectivity index (χ4v) is 3.52. The molecule has 3 unspecified atom stereocenters. The van der Waals surface area contributed by atoms with Crippen LogP contribution in [0.1, 0.15) is 44.9 Å². The van der Waals surface area contributed by atoms with Gasteiger partial charge in [-0.2, -0.15) is 0 Å². The zero-order valence-corrected chi connectivity index (χ0v) is 10.8. The van der Waals surface area contributed by atoms with Crippen molar-refractivity contribution in [1.82, 2.24) is 5.32 Å². The van der Waals surface area contributed by atoms with Crippen molar-refractivity contribution in [2.24, 2.45) is 22.9 Å². The van der Waals surface area contributed by atoms with E-state index in [1.165, 1.54) is 25.7 Å². The molecule has 2 aliphatic rings. The van der Waals surface area contributed by atoms with Gasteiger partial charge in [0.15, 0.2) is 0 Å². The molecule has 2 aliphatic carbocycles. The number of fused-ring (bicyclic) bond motifs is 2. The molecule has 2 saturated carbocycles. The fourth-order valence-electron chi connectivity index (χ4n) is 3.52. The molecule has 100 valence electrons. The number of hydrogen-bond donors (Lipinski definition) is 1.